The molecule has 1 N–H and O–H groups in total. The normalized spacial score (nSPS) is 16.8. The summed E-state index contributed by atoms with van der Waals surface area (Å²) in [7, 11) is 0. The van der Waals surface area contributed by atoms with E-state index in [9.17, 15) is 4.39 Å². The van der Waals surface area contributed by atoms with Crippen molar-refractivity contribution in [2.24, 2.45) is 0 Å². The summed E-state index contributed by atoms with van der Waals surface area (Å²) in [6, 6.07) is 12.5. The lowest BCUT2D eigenvalue weighted by Gasteiger charge is -2.43. The second-order valence-electron chi connectivity index (χ2n) is 5.30. The SMILES string of the molecule is Fc1ccc(Cl)cc1CC1(c2ccc(Cl)cc2)CNC1. The molecule has 0 saturated carbocycles. The molecule has 0 aliphatic carbocycles. The lowest BCUT2D eigenvalue weighted by atomic mass is 9.71. The van der Waals surface area contributed by atoms with Crippen LogP contribution in [0.5, 0.6) is 0 Å². The van der Waals surface area contributed by atoms with Gasteiger partial charge in [-0.15, -0.1) is 0 Å². The summed E-state index contributed by atoms with van der Waals surface area (Å²) in [5.74, 6) is -0.199. The molecule has 0 aromatic heterocycles. The van der Waals surface area contributed by atoms with Gasteiger partial charge in [0.15, 0.2) is 0 Å². The van der Waals surface area contributed by atoms with Crippen molar-refractivity contribution in [2.45, 2.75) is 11.8 Å². The van der Waals surface area contributed by atoms with Crippen LogP contribution < -0.4 is 5.32 Å². The maximum atomic E-state index is 13.9. The van der Waals surface area contributed by atoms with Crippen molar-refractivity contribution in [3.63, 3.8) is 0 Å². The van der Waals surface area contributed by atoms with Gasteiger partial charge in [-0.25, -0.2) is 4.39 Å². The van der Waals surface area contributed by atoms with Crippen molar-refractivity contribution in [2.75, 3.05) is 13.1 Å². The Bertz CT molecular complexity index is 621. The Morgan fingerprint density at radius 2 is 1.65 bits per heavy atom. The summed E-state index contributed by atoms with van der Waals surface area (Å²) in [4.78, 5) is 0. The highest BCUT2D eigenvalue weighted by molar-refractivity contribution is 6.30. The third-order valence-corrected chi connectivity index (χ3v) is 4.41. The summed E-state index contributed by atoms with van der Waals surface area (Å²) in [6.07, 6.45) is 0.633. The van der Waals surface area contributed by atoms with Crippen molar-refractivity contribution in [3.8, 4) is 0 Å². The first-order valence-corrected chi connectivity index (χ1v) is 7.25. The molecule has 3 rings (SSSR count). The predicted molar refractivity (Wildman–Crippen MR) is 81.1 cm³/mol. The third kappa shape index (κ3) is 2.56. The maximum Gasteiger partial charge on any atom is 0.126 e. The Morgan fingerprint density at radius 3 is 2.25 bits per heavy atom. The van der Waals surface area contributed by atoms with Crippen molar-refractivity contribution < 1.29 is 4.39 Å². The molecular weight excluding hydrogens is 296 g/mol. The van der Waals surface area contributed by atoms with E-state index >= 15 is 0 Å². The summed E-state index contributed by atoms with van der Waals surface area (Å²) in [6.45, 7) is 1.67. The van der Waals surface area contributed by atoms with E-state index in [1.165, 1.54) is 11.6 Å². The minimum Gasteiger partial charge on any atom is -0.315 e. The van der Waals surface area contributed by atoms with E-state index in [0.29, 0.717) is 22.0 Å². The fourth-order valence-electron chi connectivity index (χ4n) is 2.70. The lowest BCUT2D eigenvalue weighted by Crippen LogP contribution is -2.58. The van der Waals surface area contributed by atoms with Crippen molar-refractivity contribution >= 4 is 23.2 Å². The van der Waals surface area contributed by atoms with Gasteiger partial charge in [0.2, 0.25) is 0 Å². The van der Waals surface area contributed by atoms with Crippen LogP contribution in [0.15, 0.2) is 42.5 Å². The van der Waals surface area contributed by atoms with E-state index in [1.54, 1.807) is 12.1 Å². The summed E-state index contributed by atoms with van der Waals surface area (Å²) < 4.78 is 13.9. The number of halogens is 3. The molecule has 0 amide bonds. The van der Waals surface area contributed by atoms with Gasteiger partial charge in [-0.3, -0.25) is 0 Å². The second-order valence-corrected chi connectivity index (χ2v) is 6.18. The van der Waals surface area contributed by atoms with E-state index in [1.807, 2.05) is 24.3 Å². The van der Waals surface area contributed by atoms with Crippen LogP contribution in [0.3, 0.4) is 0 Å². The van der Waals surface area contributed by atoms with Gasteiger partial charge in [0.1, 0.15) is 5.82 Å². The standard InChI is InChI=1S/C16H14Cl2FN/c17-13-3-1-12(2-4-13)16(9-20-10-16)8-11-7-14(18)5-6-15(11)19/h1-7,20H,8-10H2. The zero-order valence-electron chi connectivity index (χ0n) is 10.8. The first-order valence-electron chi connectivity index (χ1n) is 6.50. The van der Waals surface area contributed by atoms with Crippen LogP contribution in [0.25, 0.3) is 0 Å². The van der Waals surface area contributed by atoms with E-state index < -0.39 is 0 Å². The molecule has 0 bridgehead atoms. The van der Waals surface area contributed by atoms with Crippen LogP contribution in [0.2, 0.25) is 10.0 Å². The smallest absolute Gasteiger partial charge is 0.126 e. The summed E-state index contributed by atoms with van der Waals surface area (Å²) in [5, 5.41) is 4.56. The Morgan fingerprint density at radius 1 is 1.00 bits per heavy atom. The molecule has 2 aromatic rings. The van der Waals surface area contributed by atoms with E-state index in [2.05, 4.69) is 5.32 Å². The highest BCUT2D eigenvalue weighted by Gasteiger charge is 2.39. The predicted octanol–water partition coefficient (Wildman–Crippen LogP) is 4.22. The molecule has 0 radical (unpaired) electrons. The Balaban J connectivity index is 1.93. The number of nitrogens with one attached hydrogen (secondary N) is 1. The summed E-state index contributed by atoms with van der Waals surface area (Å²) in [5.41, 5.74) is 1.77. The quantitative estimate of drug-likeness (QED) is 0.895. The molecule has 1 aliphatic rings. The van der Waals surface area contributed by atoms with Crippen LogP contribution >= 0.6 is 23.2 Å². The lowest BCUT2D eigenvalue weighted by molar-refractivity contribution is 0.272. The van der Waals surface area contributed by atoms with Gasteiger partial charge in [0.25, 0.3) is 0 Å². The van der Waals surface area contributed by atoms with Gasteiger partial charge in [-0.2, -0.15) is 0 Å². The van der Waals surface area contributed by atoms with E-state index in [0.717, 1.165) is 13.1 Å². The van der Waals surface area contributed by atoms with Gasteiger partial charge in [0, 0.05) is 28.5 Å². The number of hydrogen-bond donors (Lipinski definition) is 1. The molecule has 1 aliphatic heterocycles. The molecule has 2 aromatic carbocycles. The molecule has 20 heavy (non-hydrogen) atoms. The number of benzene rings is 2. The zero-order valence-corrected chi connectivity index (χ0v) is 12.3. The monoisotopic (exact) mass is 309 g/mol. The van der Waals surface area contributed by atoms with Crippen LogP contribution in [0.4, 0.5) is 4.39 Å². The topological polar surface area (TPSA) is 12.0 Å². The molecule has 0 spiro atoms. The van der Waals surface area contributed by atoms with Crippen LogP contribution in [0.1, 0.15) is 11.1 Å². The van der Waals surface area contributed by atoms with Gasteiger partial charge in [0.05, 0.1) is 0 Å². The second kappa shape index (κ2) is 5.36. The van der Waals surface area contributed by atoms with Gasteiger partial charge in [-0.05, 0) is 47.9 Å². The van der Waals surface area contributed by atoms with Crippen molar-refractivity contribution in [1.29, 1.82) is 0 Å². The minimum absolute atomic E-state index is 0.0733. The zero-order chi connectivity index (χ0) is 14.2. The Kier molecular flexibility index (Phi) is 3.72. The van der Waals surface area contributed by atoms with Crippen LogP contribution in [-0.4, -0.2) is 13.1 Å². The molecule has 0 unspecified atom stereocenters. The average Bonchev–Trinajstić information content (AvgIpc) is 2.39. The largest absolute Gasteiger partial charge is 0.315 e. The van der Waals surface area contributed by atoms with E-state index in [-0.39, 0.29) is 11.2 Å². The van der Waals surface area contributed by atoms with Crippen LogP contribution in [-0.2, 0) is 11.8 Å². The molecule has 0 atom stereocenters. The first kappa shape index (κ1) is 13.9. The fourth-order valence-corrected chi connectivity index (χ4v) is 3.03. The molecular formula is C16H14Cl2FN. The van der Waals surface area contributed by atoms with Crippen molar-refractivity contribution in [1.82, 2.24) is 5.32 Å². The summed E-state index contributed by atoms with van der Waals surface area (Å²) >= 11 is 11.9. The molecule has 1 nitrogen and oxygen atoms in total. The van der Waals surface area contributed by atoms with Crippen LogP contribution in [0, 0.1) is 5.82 Å². The van der Waals surface area contributed by atoms with Gasteiger partial charge in [-0.1, -0.05) is 35.3 Å². The highest BCUT2D eigenvalue weighted by atomic mass is 35.5. The van der Waals surface area contributed by atoms with Crippen molar-refractivity contribution in [3.05, 3.63) is 69.5 Å². The minimum atomic E-state index is -0.199. The van der Waals surface area contributed by atoms with E-state index in [4.69, 9.17) is 23.2 Å². The molecule has 104 valence electrons. The first-order chi connectivity index (χ1) is 9.59. The van der Waals surface area contributed by atoms with Gasteiger partial charge >= 0.3 is 0 Å². The Hall–Kier alpha value is -1.09. The third-order valence-electron chi connectivity index (χ3n) is 3.92. The number of hydrogen-bond acceptors (Lipinski definition) is 1. The number of rotatable bonds is 3. The Labute approximate surface area is 127 Å². The van der Waals surface area contributed by atoms with Gasteiger partial charge < -0.3 is 5.32 Å². The maximum absolute atomic E-state index is 13.9. The highest BCUT2D eigenvalue weighted by Crippen LogP contribution is 2.34. The molecule has 1 saturated heterocycles. The average molecular weight is 310 g/mol. The molecule has 4 heteroatoms. The molecule has 1 heterocycles. The fraction of sp³-hybridized carbons (Fsp3) is 0.250. The molecule has 1 fully saturated rings.